The first-order valence-electron chi connectivity index (χ1n) is 5.82. The number of carboxylic acids is 1. The molecule has 0 saturated carbocycles. The van der Waals surface area contributed by atoms with Gasteiger partial charge in [0, 0.05) is 23.9 Å². The summed E-state index contributed by atoms with van der Waals surface area (Å²) in [7, 11) is 0. The predicted octanol–water partition coefficient (Wildman–Crippen LogP) is 2.65. The molecular weight excluding hydrogens is 232 g/mol. The fraction of sp³-hybridized carbons (Fsp3) is 0.385. The lowest BCUT2D eigenvalue weighted by atomic mass is 10.2. The first kappa shape index (κ1) is 12.4. The van der Waals surface area contributed by atoms with Gasteiger partial charge >= 0.3 is 5.97 Å². The van der Waals surface area contributed by atoms with Crippen molar-refractivity contribution in [2.24, 2.45) is 0 Å². The van der Waals surface area contributed by atoms with E-state index in [9.17, 15) is 4.79 Å². The van der Waals surface area contributed by atoms with Crippen molar-refractivity contribution in [3.8, 4) is 0 Å². The zero-order valence-electron chi connectivity index (χ0n) is 10.7. The Balaban J connectivity index is 2.28. The first-order chi connectivity index (χ1) is 8.49. The molecule has 0 amide bonds. The van der Waals surface area contributed by atoms with Crippen molar-refractivity contribution in [2.45, 2.75) is 33.2 Å². The van der Waals surface area contributed by atoms with Gasteiger partial charge in [0.2, 0.25) is 5.76 Å². The van der Waals surface area contributed by atoms with E-state index < -0.39 is 5.97 Å². The molecule has 5 nitrogen and oxygen atoms in total. The Kier molecular flexibility index (Phi) is 3.23. The third kappa shape index (κ3) is 2.30. The molecule has 0 aliphatic carbocycles. The van der Waals surface area contributed by atoms with E-state index in [0.29, 0.717) is 18.2 Å². The Hall–Kier alpha value is -2.04. The fourth-order valence-electron chi connectivity index (χ4n) is 1.92. The van der Waals surface area contributed by atoms with Crippen molar-refractivity contribution in [3.63, 3.8) is 0 Å². The number of nitrogens with zero attached hydrogens (tertiary/aromatic N) is 2. The van der Waals surface area contributed by atoms with Gasteiger partial charge in [0.25, 0.3) is 0 Å². The molecule has 0 aliphatic heterocycles. The van der Waals surface area contributed by atoms with Crippen LogP contribution in [0.2, 0.25) is 0 Å². The Bertz CT molecular complexity index is 567. The number of imidazole rings is 1. The molecule has 0 radical (unpaired) electrons. The van der Waals surface area contributed by atoms with Crippen LogP contribution in [0.1, 0.15) is 47.5 Å². The number of carbonyl (C=O) groups is 1. The smallest absolute Gasteiger partial charge is 0.371 e. The maximum atomic E-state index is 10.8. The van der Waals surface area contributed by atoms with Crippen LogP contribution >= 0.6 is 0 Å². The number of hydrogen-bond donors (Lipinski definition) is 1. The topological polar surface area (TPSA) is 68.3 Å². The maximum Gasteiger partial charge on any atom is 0.371 e. The molecule has 5 heteroatoms. The van der Waals surface area contributed by atoms with E-state index in [2.05, 4.69) is 18.8 Å². The first-order valence-corrected chi connectivity index (χ1v) is 5.82. The normalized spacial score (nSPS) is 11.1. The van der Waals surface area contributed by atoms with E-state index in [1.54, 1.807) is 19.2 Å². The SMILES string of the molecule is Cc1oc(C(=O)O)cc1Cn1ccnc1C(C)C. The molecule has 0 atom stereocenters. The maximum absolute atomic E-state index is 10.8. The van der Waals surface area contributed by atoms with Crippen LogP contribution in [0.3, 0.4) is 0 Å². The summed E-state index contributed by atoms with van der Waals surface area (Å²) < 4.78 is 7.20. The number of aromatic carboxylic acids is 1. The van der Waals surface area contributed by atoms with Crippen molar-refractivity contribution >= 4 is 5.97 Å². The lowest BCUT2D eigenvalue weighted by molar-refractivity contribution is 0.0661. The minimum absolute atomic E-state index is 0.0197. The Morgan fingerprint density at radius 1 is 1.56 bits per heavy atom. The molecule has 0 saturated heterocycles. The second-order valence-electron chi connectivity index (χ2n) is 4.57. The number of furan rings is 1. The van der Waals surface area contributed by atoms with E-state index in [1.165, 1.54) is 0 Å². The summed E-state index contributed by atoms with van der Waals surface area (Å²) in [5, 5.41) is 8.88. The van der Waals surface area contributed by atoms with Crippen LogP contribution in [-0.2, 0) is 6.54 Å². The van der Waals surface area contributed by atoms with Crippen LogP contribution in [0.15, 0.2) is 22.9 Å². The van der Waals surface area contributed by atoms with Crippen LogP contribution in [-0.4, -0.2) is 20.6 Å². The van der Waals surface area contributed by atoms with Crippen LogP contribution in [0.5, 0.6) is 0 Å². The summed E-state index contributed by atoms with van der Waals surface area (Å²) in [5.41, 5.74) is 0.868. The van der Waals surface area contributed by atoms with Gasteiger partial charge in [0.15, 0.2) is 0 Å². The van der Waals surface area contributed by atoms with Crippen LogP contribution in [0, 0.1) is 6.92 Å². The molecule has 2 aromatic rings. The van der Waals surface area contributed by atoms with Gasteiger partial charge < -0.3 is 14.1 Å². The molecule has 96 valence electrons. The quantitative estimate of drug-likeness (QED) is 0.903. The van der Waals surface area contributed by atoms with Crippen LogP contribution in [0.25, 0.3) is 0 Å². The number of carboxylic acid groups (broad SMARTS) is 1. The van der Waals surface area contributed by atoms with Gasteiger partial charge in [0.1, 0.15) is 11.6 Å². The molecule has 0 fully saturated rings. The van der Waals surface area contributed by atoms with Crippen molar-refractivity contribution in [3.05, 3.63) is 41.4 Å². The number of rotatable bonds is 4. The van der Waals surface area contributed by atoms with E-state index >= 15 is 0 Å². The zero-order valence-corrected chi connectivity index (χ0v) is 10.7. The van der Waals surface area contributed by atoms with Gasteiger partial charge in [0.05, 0.1) is 6.54 Å². The van der Waals surface area contributed by atoms with E-state index in [-0.39, 0.29) is 5.76 Å². The highest BCUT2D eigenvalue weighted by molar-refractivity contribution is 5.84. The highest BCUT2D eigenvalue weighted by Gasteiger charge is 2.15. The molecule has 2 heterocycles. The van der Waals surface area contributed by atoms with E-state index in [0.717, 1.165) is 11.4 Å². The van der Waals surface area contributed by atoms with Gasteiger partial charge in [-0.25, -0.2) is 9.78 Å². The summed E-state index contributed by atoms with van der Waals surface area (Å²) in [6.07, 6.45) is 3.64. The van der Waals surface area contributed by atoms with Crippen molar-refractivity contribution in [1.82, 2.24) is 9.55 Å². The van der Waals surface area contributed by atoms with Gasteiger partial charge in [-0.2, -0.15) is 0 Å². The number of hydrogen-bond acceptors (Lipinski definition) is 3. The van der Waals surface area contributed by atoms with Crippen LogP contribution < -0.4 is 0 Å². The second-order valence-corrected chi connectivity index (χ2v) is 4.57. The highest BCUT2D eigenvalue weighted by Crippen LogP contribution is 2.19. The summed E-state index contributed by atoms with van der Waals surface area (Å²) in [6.45, 7) is 6.50. The lowest BCUT2D eigenvalue weighted by Crippen LogP contribution is -2.06. The molecule has 0 aromatic carbocycles. The molecule has 0 spiro atoms. The van der Waals surface area contributed by atoms with Crippen molar-refractivity contribution < 1.29 is 14.3 Å². The lowest BCUT2D eigenvalue weighted by Gasteiger charge is -2.09. The molecular formula is C13H16N2O3. The van der Waals surface area contributed by atoms with Crippen molar-refractivity contribution in [2.75, 3.05) is 0 Å². The van der Waals surface area contributed by atoms with Gasteiger partial charge in [-0.05, 0) is 13.0 Å². The third-order valence-electron chi connectivity index (χ3n) is 2.84. The zero-order chi connectivity index (χ0) is 13.3. The fourth-order valence-corrected chi connectivity index (χ4v) is 1.92. The standard InChI is InChI=1S/C13H16N2O3/c1-8(2)12-14-4-5-15(12)7-10-6-11(13(16)17)18-9(10)3/h4-6,8H,7H2,1-3H3,(H,16,17). The highest BCUT2D eigenvalue weighted by atomic mass is 16.4. The Morgan fingerprint density at radius 3 is 2.83 bits per heavy atom. The van der Waals surface area contributed by atoms with E-state index in [4.69, 9.17) is 9.52 Å². The largest absolute Gasteiger partial charge is 0.475 e. The Labute approximate surface area is 105 Å². The minimum atomic E-state index is -1.04. The summed E-state index contributed by atoms with van der Waals surface area (Å²) in [4.78, 5) is 15.1. The minimum Gasteiger partial charge on any atom is -0.475 e. The average molecular weight is 248 g/mol. The number of aromatic nitrogens is 2. The molecule has 0 bridgehead atoms. The molecule has 0 unspecified atom stereocenters. The molecule has 0 aliphatic rings. The molecule has 1 N–H and O–H groups in total. The molecule has 2 rings (SSSR count). The van der Waals surface area contributed by atoms with Crippen molar-refractivity contribution in [1.29, 1.82) is 0 Å². The molecule has 2 aromatic heterocycles. The third-order valence-corrected chi connectivity index (χ3v) is 2.84. The summed E-state index contributed by atoms with van der Waals surface area (Å²) in [5.74, 6) is 0.877. The average Bonchev–Trinajstić information content (AvgIpc) is 2.87. The second kappa shape index (κ2) is 4.68. The van der Waals surface area contributed by atoms with Crippen LogP contribution in [0.4, 0.5) is 0 Å². The van der Waals surface area contributed by atoms with Gasteiger partial charge in [-0.1, -0.05) is 13.8 Å². The van der Waals surface area contributed by atoms with Gasteiger partial charge in [-0.3, -0.25) is 0 Å². The monoisotopic (exact) mass is 248 g/mol. The van der Waals surface area contributed by atoms with Gasteiger partial charge in [-0.15, -0.1) is 0 Å². The predicted molar refractivity (Wildman–Crippen MR) is 65.8 cm³/mol. The number of aryl methyl sites for hydroxylation is 1. The summed E-state index contributed by atoms with van der Waals surface area (Å²) in [6, 6.07) is 1.57. The summed E-state index contributed by atoms with van der Waals surface area (Å²) >= 11 is 0. The molecule has 18 heavy (non-hydrogen) atoms. The Morgan fingerprint density at radius 2 is 2.28 bits per heavy atom. The van der Waals surface area contributed by atoms with E-state index in [1.807, 2.05) is 10.8 Å².